The second kappa shape index (κ2) is 4.13. The maximum absolute atomic E-state index is 6.01. The minimum absolute atomic E-state index is 0.497. The zero-order valence-corrected chi connectivity index (χ0v) is 10.9. The first-order valence-electron chi connectivity index (χ1n) is 3.88. The number of rotatable bonds is 1. The van der Waals surface area contributed by atoms with Crippen LogP contribution in [0.15, 0.2) is 22.7 Å². The number of aromatic nitrogens is 2. The van der Waals surface area contributed by atoms with Crippen molar-refractivity contribution >= 4 is 54.4 Å². The molecule has 5 heteroatoms. The summed E-state index contributed by atoms with van der Waals surface area (Å²) in [7, 11) is 0. The Morgan fingerprint density at radius 3 is 2.79 bits per heavy atom. The second-order valence-corrected chi connectivity index (χ2v) is 4.56. The summed E-state index contributed by atoms with van der Waals surface area (Å²) in [5, 5.41) is 1.98. The molecule has 0 fully saturated rings. The smallest absolute Gasteiger partial charge is 0.141 e. The van der Waals surface area contributed by atoms with Gasteiger partial charge < -0.3 is 0 Å². The molecule has 0 aliphatic rings. The van der Waals surface area contributed by atoms with Crippen LogP contribution in [0.4, 0.5) is 0 Å². The first-order chi connectivity index (χ1) is 6.70. The van der Waals surface area contributed by atoms with Crippen molar-refractivity contribution in [2.24, 2.45) is 0 Å². The summed E-state index contributed by atoms with van der Waals surface area (Å²) in [6, 6.07) is 5.75. The van der Waals surface area contributed by atoms with E-state index in [1.807, 2.05) is 18.2 Å². The summed E-state index contributed by atoms with van der Waals surface area (Å²) in [4.78, 5) is 8.48. The fraction of sp³-hybridized carbons (Fsp3) is 0.111. The Kier molecular flexibility index (Phi) is 3.04. The number of alkyl halides is 1. The van der Waals surface area contributed by atoms with Gasteiger partial charge in [-0.2, -0.15) is 0 Å². The maximum atomic E-state index is 6.01. The summed E-state index contributed by atoms with van der Waals surface area (Å²) in [5.41, 5.74) is 0.855. The fourth-order valence-corrected chi connectivity index (χ4v) is 2.03. The highest BCUT2D eigenvalue weighted by Crippen LogP contribution is 2.24. The van der Waals surface area contributed by atoms with Crippen LogP contribution in [-0.2, 0) is 5.33 Å². The van der Waals surface area contributed by atoms with Crippen molar-refractivity contribution in [2.75, 3.05) is 0 Å². The number of nitrogens with zero attached hydrogens (tertiary/aromatic N) is 2. The SMILES string of the molecule is Clc1nc(CBr)nc2cc(Br)ccc12. The maximum Gasteiger partial charge on any atom is 0.141 e. The molecule has 0 radical (unpaired) electrons. The quantitative estimate of drug-likeness (QED) is 0.582. The molecule has 0 amide bonds. The number of benzene rings is 1. The van der Waals surface area contributed by atoms with Gasteiger partial charge in [-0.25, -0.2) is 9.97 Å². The molecule has 2 nitrogen and oxygen atoms in total. The molecule has 14 heavy (non-hydrogen) atoms. The molecule has 0 unspecified atom stereocenters. The molecule has 2 rings (SSSR count). The van der Waals surface area contributed by atoms with Gasteiger partial charge in [-0.3, -0.25) is 0 Å². The van der Waals surface area contributed by atoms with Gasteiger partial charge in [0.15, 0.2) is 0 Å². The van der Waals surface area contributed by atoms with E-state index in [9.17, 15) is 0 Å². The van der Waals surface area contributed by atoms with Crippen molar-refractivity contribution in [3.8, 4) is 0 Å². The van der Waals surface area contributed by atoms with E-state index in [4.69, 9.17) is 11.6 Å². The largest absolute Gasteiger partial charge is 0.232 e. The number of hydrogen-bond donors (Lipinski definition) is 0. The topological polar surface area (TPSA) is 25.8 Å². The monoisotopic (exact) mass is 334 g/mol. The van der Waals surface area contributed by atoms with E-state index in [-0.39, 0.29) is 0 Å². The Morgan fingerprint density at radius 1 is 1.29 bits per heavy atom. The molecule has 0 aliphatic carbocycles. The van der Waals surface area contributed by atoms with Crippen molar-refractivity contribution in [3.05, 3.63) is 33.6 Å². The van der Waals surface area contributed by atoms with Crippen LogP contribution in [-0.4, -0.2) is 9.97 Å². The molecule has 0 aliphatic heterocycles. The van der Waals surface area contributed by atoms with E-state index in [1.165, 1.54) is 0 Å². The van der Waals surface area contributed by atoms with Crippen LogP contribution in [0.5, 0.6) is 0 Å². The van der Waals surface area contributed by atoms with Gasteiger partial charge in [0.2, 0.25) is 0 Å². The third-order valence-electron chi connectivity index (χ3n) is 1.78. The number of halogens is 3. The molecular weight excluding hydrogens is 331 g/mol. The van der Waals surface area contributed by atoms with E-state index in [0.717, 1.165) is 15.4 Å². The molecule has 0 bridgehead atoms. The average Bonchev–Trinajstić information content (AvgIpc) is 2.16. The fourth-order valence-electron chi connectivity index (χ4n) is 1.17. The van der Waals surface area contributed by atoms with Crippen molar-refractivity contribution in [3.63, 3.8) is 0 Å². The zero-order chi connectivity index (χ0) is 10.1. The number of fused-ring (bicyclic) bond motifs is 1. The lowest BCUT2D eigenvalue weighted by Crippen LogP contribution is -1.92. The third kappa shape index (κ3) is 1.92. The second-order valence-electron chi connectivity index (χ2n) is 2.73. The predicted octanol–water partition coefficient (Wildman–Crippen LogP) is 3.94. The van der Waals surface area contributed by atoms with Crippen LogP contribution in [0, 0.1) is 0 Å². The Morgan fingerprint density at radius 2 is 2.07 bits per heavy atom. The van der Waals surface area contributed by atoms with E-state index < -0.39 is 0 Å². The summed E-state index contributed by atoms with van der Waals surface area (Å²) >= 11 is 12.7. The van der Waals surface area contributed by atoms with E-state index in [0.29, 0.717) is 16.3 Å². The molecule has 2 aromatic rings. The van der Waals surface area contributed by atoms with Crippen molar-refractivity contribution < 1.29 is 0 Å². The summed E-state index contributed by atoms with van der Waals surface area (Å²) in [6.45, 7) is 0. The highest BCUT2D eigenvalue weighted by atomic mass is 79.9. The van der Waals surface area contributed by atoms with Gasteiger partial charge in [0.05, 0.1) is 10.8 Å². The summed E-state index contributed by atoms with van der Waals surface area (Å²) in [5.74, 6) is 0.695. The van der Waals surface area contributed by atoms with Crippen LogP contribution in [0.25, 0.3) is 10.9 Å². The number of hydrogen-bond acceptors (Lipinski definition) is 2. The lowest BCUT2D eigenvalue weighted by molar-refractivity contribution is 1.08. The Bertz CT molecular complexity index is 487. The van der Waals surface area contributed by atoms with Crippen LogP contribution >= 0.6 is 43.5 Å². The van der Waals surface area contributed by atoms with Crippen LogP contribution in [0.1, 0.15) is 5.82 Å². The summed E-state index contributed by atoms with van der Waals surface area (Å²) < 4.78 is 0.986. The van der Waals surface area contributed by atoms with E-state index in [2.05, 4.69) is 41.8 Å². The molecule has 0 spiro atoms. The van der Waals surface area contributed by atoms with E-state index >= 15 is 0 Å². The molecule has 0 saturated carbocycles. The van der Waals surface area contributed by atoms with Crippen LogP contribution < -0.4 is 0 Å². The van der Waals surface area contributed by atoms with Gasteiger partial charge in [0, 0.05) is 9.86 Å². The van der Waals surface area contributed by atoms with Gasteiger partial charge in [-0.1, -0.05) is 43.5 Å². The Hall–Kier alpha value is -0.190. The Labute approximate surface area is 103 Å². The molecule has 1 aromatic heterocycles. The van der Waals surface area contributed by atoms with Gasteiger partial charge in [0.25, 0.3) is 0 Å². The third-order valence-corrected chi connectivity index (χ3v) is 3.06. The minimum Gasteiger partial charge on any atom is -0.232 e. The summed E-state index contributed by atoms with van der Waals surface area (Å²) in [6.07, 6.45) is 0. The minimum atomic E-state index is 0.497. The van der Waals surface area contributed by atoms with E-state index in [1.54, 1.807) is 0 Å². The zero-order valence-electron chi connectivity index (χ0n) is 6.97. The lowest BCUT2D eigenvalue weighted by Gasteiger charge is -2.02. The van der Waals surface area contributed by atoms with Gasteiger partial charge >= 0.3 is 0 Å². The predicted molar refractivity (Wildman–Crippen MR) is 64.9 cm³/mol. The van der Waals surface area contributed by atoms with Gasteiger partial charge in [-0.15, -0.1) is 0 Å². The standard InChI is InChI=1S/C9H5Br2ClN2/c10-4-8-13-7-3-5(11)1-2-6(7)9(12)14-8/h1-3H,4H2. The molecule has 1 aromatic carbocycles. The average molecular weight is 336 g/mol. The molecule has 72 valence electrons. The van der Waals surface area contributed by atoms with Crippen LogP contribution in [0.3, 0.4) is 0 Å². The Balaban J connectivity index is 2.77. The highest BCUT2D eigenvalue weighted by Gasteiger charge is 2.04. The normalized spacial score (nSPS) is 10.8. The van der Waals surface area contributed by atoms with Crippen LogP contribution in [0.2, 0.25) is 5.15 Å². The molecular formula is C9H5Br2ClN2. The first-order valence-corrected chi connectivity index (χ1v) is 6.17. The van der Waals surface area contributed by atoms with Crippen molar-refractivity contribution in [1.29, 1.82) is 0 Å². The lowest BCUT2D eigenvalue weighted by atomic mass is 10.2. The first kappa shape index (κ1) is 10.3. The van der Waals surface area contributed by atoms with Crippen molar-refractivity contribution in [2.45, 2.75) is 5.33 Å². The molecule has 0 N–H and O–H groups in total. The van der Waals surface area contributed by atoms with Gasteiger partial charge in [-0.05, 0) is 18.2 Å². The molecule has 0 saturated heterocycles. The van der Waals surface area contributed by atoms with Gasteiger partial charge in [0.1, 0.15) is 11.0 Å². The molecule has 1 heterocycles. The highest BCUT2D eigenvalue weighted by molar-refractivity contribution is 9.10. The molecule has 0 atom stereocenters. The van der Waals surface area contributed by atoms with Crippen molar-refractivity contribution in [1.82, 2.24) is 9.97 Å².